The third kappa shape index (κ3) is 7.25. The number of aromatic nitrogens is 1. The molecule has 0 atom stereocenters. The molecule has 1 fully saturated rings. The van der Waals surface area contributed by atoms with E-state index in [4.69, 9.17) is 9.47 Å². The van der Waals surface area contributed by atoms with Gasteiger partial charge in [0.2, 0.25) is 0 Å². The van der Waals surface area contributed by atoms with E-state index in [-0.39, 0.29) is 17.4 Å². The van der Waals surface area contributed by atoms with Crippen molar-refractivity contribution in [2.75, 3.05) is 46.4 Å². The van der Waals surface area contributed by atoms with Crippen LogP contribution in [0.1, 0.15) is 63.4 Å². The lowest BCUT2D eigenvalue weighted by Crippen LogP contribution is -2.49. The van der Waals surface area contributed by atoms with E-state index < -0.39 is 5.60 Å². The highest BCUT2D eigenvalue weighted by Gasteiger charge is 2.38. The summed E-state index contributed by atoms with van der Waals surface area (Å²) in [5, 5.41) is 3.55. The Labute approximate surface area is 226 Å². The smallest absolute Gasteiger partial charge is 0.410 e. The third-order valence-corrected chi connectivity index (χ3v) is 7.39. The summed E-state index contributed by atoms with van der Waals surface area (Å²) in [4.78, 5) is 34.3. The molecule has 2 aliphatic heterocycles. The Morgan fingerprint density at radius 1 is 1.08 bits per heavy atom. The molecule has 3 heterocycles. The second-order valence-corrected chi connectivity index (χ2v) is 11.6. The molecule has 8 nitrogen and oxygen atoms in total. The van der Waals surface area contributed by atoms with Gasteiger partial charge in [-0.1, -0.05) is 18.2 Å². The SMILES string of the molecule is CN1CC2(CCCNCCCOc3ccccc3-c3ccnc(c3)C1=O)CCN(C(=O)OC(C)(C)C)CC2. The number of pyridine rings is 1. The second-order valence-electron chi connectivity index (χ2n) is 11.6. The molecular formula is C30H42N4O4. The topological polar surface area (TPSA) is 84.0 Å². The summed E-state index contributed by atoms with van der Waals surface area (Å²) in [5.74, 6) is 0.715. The van der Waals surface area contributed by atoms with E-state index in [9.17, 15) is 9.59 Å². The van der Waals surface area contributed by atoms with Crippen molar-refractivity contribution in [2.45, 2.75) is 58.5 Å². The number of carbonyl (C=O) groups excluding carboxylic acids is 2. The van der Waals surface area contributed by atoms with Crippen LogP contribution >= 0.6 is 0 Å². The Bertz CT molecular complexity index is 1110. The Morgan fingerprint density at radius 2 is 1.82 bits per heavy atom. The monoisotopic (exact) mass is 522 g/mol. The maximum absolute atomic E-state index is 13.6. The van der Waals surface area contributed by atoms with Crippen LogP contribution in [0.2, 0.25) is 0 Å². The van der Waals surface area contributed by atoms with Crippen molar-refractivity contribution in [1.29, 1.82) is 0 Å². The normalized spacial score (nSPS) is 19.3. The zero-order valence-corrected chi connectivity index (χ0v) is 23.3. The summed E-state index contributed by atoms with van der Waals surface area (Å²) >= 11 is 0. The number of hydrogen-bond donors (Lipinski definition) is 1. The number of carbonyl (C=O) groups is 2. The fourth-order valence-electron chi connectivity index (χ4n) is 5.39. The minimum atomic E-state index is -0.515. The standard InChI is InChI=1S/C30H42N4O4/c1-29(2,3)38-28(36)34-18-13-30(14-19-34)12-7-15-31-16-8-20-37-26-10-6-5-9-24(26)23-11-17-32-25(21-23)27(35)33(4)22-30/h5-6,9-11,17,21,31H,7-8,12-16,18-20,22H2,1-4H3. The lowest BCUT2D eigenvalue weighted by Gasteiger charge is -2.44. The van der Waals surface area contributed by atoms with Gasteiger partial charge in [0.05, 0.1) is 6.61 Å². The van der Waals surface area contributed by atoms with Crippen molar-refractivity contribution in [3.05, 3.63) is 48.3 Å². The zero-order chi connectivity index (χ0) is 27.2. The van der Waals surface area contributed by atoms with Crippen LogP contribution in [0.15, 0.2) is 42.6 Å². The molecule has 2 bridgehead atoms. The summed E-state index contributed by atoms with van der Waals surface area (Å²) in [6.45, 7) is 9.98. The van der Waals surface area contributed by atoms with Gasteiger partial charge in [-0.25, -0.2) is 4.79 Å². The predicted molar refractivity (Wildman–Crippen MR) is 148 cm³/mol. The molecule has 1 aromatic carbocycles. The van der Waals surface area contributed by atoms with Gasteiger partial charge in [-0.2, -0.15) is 0 Å². The Balaban J connectivity index is 1.54. The highest BCUT2D eigenvalue weighted by molar-refractivity contribution is 5.93. The average molecular weight is 523 g/mol. The summed E-state index contributed by atoms with van der Waals surface area (Å²) < 4.78 is 11.7. The quantitative estimate of drug-likeness (QED) is 0.525. The first kappa shape index (κ1) is 27.9. The number of fused-ring (bicyclic) bond motifs is 4. The molecular weight excluding hydrogens is 480 g/mol. The van der Waals surface area contributed by atoms with E-state index in [2.05, 4.69) is 10.3 Å². The van der Waals surface area contributed by atoms with Gasteiger partial charge in [-0.05, 0) is 95.1 Å². The van der Waals surface area contributed by atoms with E-state index in [1.807, 2.05) is 74.0 Å². The molecule has 2 amide bonds. The van der Waals surface area contributed by atoms with Crippen molar-refractivity contribution >= 4 is 12.0 Å². The number of piperidine rings is 1. The van der Waals surface area contributed by atoms with Gasteiger partial charge >= 0.3 is 6.09 Å². The summed E-state index contributed by atoms with van der Waals surface area (Å²) in [6.07, 6.45) is 6.00. The molecule has 4 rings (SSSR count). The van der Waals surface area contributed by atoms with E-state index >= 15 is 0 Å². The van der Waals surface area contributed by atoms with Gasteiger partial charge < -0.3 is 24.6 Å². The molecule has 2 aliphatic rings. The minimum Gasteiger partial charge on any atom is -0.493 e. The largest absolute Gasteiger partial charge is 0.493 e. The maximum atomic E-state index is 13.6. The van der Waals surface area contributed by atoms with Crippen LogP contribution in [-0.2, 0) is 4.74 Å². The summed E-state index contributed by atoms with van der Waals surface area (Å²) in [5.41, 5.74) is 1.71. The molecule has 1 aromatic heterocycles. The number of hydrogen-bond acceptors (Lipinski definition) is 6. The number of likely N-dealkylation sites (tertiary alicyclic amines) is 1. The zero-order valence-electron chi connectivity index (χ0n) is 23.3. The van der Waals surface area contributed by atoms with Gasteiger partial charge in [-0.15, -0.1) is 0 Å². The van der Waals surface area contributed by atoms with Crippen molar-refractivity contribution < 1.29 is 19.1 Å². The lowest BCUT2D eigenvalue weighted by atomic mass is 9.74. The number of nitrogens with zero attached hydrogens (tertiary/aromatic N) is 3. The average Bonchev–Trinajstić information content (AvgIpc) is 2.89. The molecule has 2 aromatic rings. The molecule has 0 saturated carbocycles. The van der Waals surface area contributed by atoms with Crippen LogP contribution in [0.5, 0.6) is 5.75 Å². The summed E-state index contributed by atoms with van der Waals surface area (Å²) in [7, 11) is 1.86. The van der Waals surface area contributed by atoms with Gasteiger partial charge in [0, 0.05) is 38.4 Å². The van der Waals surface area contributed by atoms with Gasteiger partial charge in [0.25, 0.3) is 5.91 Å². The first-order valence-electron chi connectivity index (χ1n) is 13.8. The van der Waals surface area contributed by atoms with Crippen LogP contribution in [0, 0.1) is 5.41 Å². The number of nitrogens with one attached hydrogen (secondary N) is 1. The molecule has 1 N–H and O–H groups in total. The molecule has 1 spiro atoms. The van der Waals surface area contributed by atoms with Crippen molar-refractivity contribution in [3.8, 4) is 16.9 Å². The molecule has 206 valence electrons. The second kappa shape index (κ2) is 12.2. The van der Waals surface area contributed by atoms with Gasteiger partial charge in [-0.3, -0.25) is 9.78 Å². The number of benzene rings is 1. The highest BCUT2D eigenvalue weighted by atomic mass is 16.6. The summed E-state index contributed by atoms with van der Waals surface area (Å²) in [6, 6.07) is 11.7. The molecule has 8 heteroatoms. The van der Waals surface area contributed by atoms with Crippen molar-refractivity contribution in [3.63, 3.8) is 0 Å². The van der Waals surface area contributed by atoms with E-state index in [0.29, 0.717) is 31.9 Å². The van der Waals surface area contributed by atoms with E-state index in [1.54, 1.807) is 6.20 Å². The Morgan fingerprint density at radius 3 is 2.58 bits per heavy atom. The first-order valence-corrected chi connectivity index (χ1v) is 13.8. The van der Waals surface area contributed by atoms with Crippen LogP contribution in [0.25, 0.3) is 11.1 Å². The van der Waals surface area contributed by atoms with Crippen molar-refractivity contribution in [1.82, 2.24) is 20.1 Å². The number of amides is 2. The minimum absolute atomic E-state index is 0.0636. The highest BCUT2D eigenvalue weighted by Crippen LogP contribution is 2.38. The predicted octanol–water partition coefficient (Wildman–Crippen LogP) is 4.99. The van der Waals surface area contributed by atoms with E-state index in [1.165, 1.54) is 0 Å². The first-order chi connectivity index (χ1) is 18.2. The molecule has 0 radical (unpaired) electrons. The van der Waals surface area contributed by atoms with Crippen LogP contribution < -0.4 is 10.1 Å². The molecule has 0 unspecified atom stereocenters. The Hall–Kier alpha value is -3.13. The Kier molecular flexibility index (Phi) is 8.92. The number of para-hydroxylation sites is 1. The molecule has 1 saturated heterocycles. The van der Waals surface area contributed by atoms with Crippen molar-refractivity contribution in [2.24, 2.45) is 5.41 Å². The van der Waals surface area contributed by atoms with Crippen LogP contribution in [0.3, 0.4) is 0 Å². The molecule has 38 heavy (non-hydrogen) atoms. The van der Waals surface area contributed by atoms with E-state index in [0.717, 1.165) is 62.1 Å². The van der Waals surface area contributed by atoms with Crippen LogP contribution in [-0.4, -0.2) is 78.8 Å². The molecule has 0 aliphatic carbocycles. The third-order valence-electron chi connectivity index (χ3n) is 7.39. The maximum Gasteiger partial charge on any atom is 0.410 e. The lowest BCUT2D eigenvalue weighted by molar-refractivity contribution is 0.00376. The fourth-order valence-corrected chi connectivity index (χ4v) is 5.39. The number of rotatable bonds is 0. The van der Waals surface area contributed by atoms with Gasteiger partial charge in [0.1, 0.15) is 17.0 Å². The fraction of sp³-hybridized carbons (Fsp3) is 0.567. The van der Waals surface area contributed by atoms with Crippen LogP contribution in [0.4, 0.5) is 4.79 Å². The van der Waals surface area contributed by atoms with Gasteiger partial charge in [0.15, 0.2) is 0 Å². The number of ether oxygens (including phenoxy) is 2.